The summed E-state index contributed by atoms with van der Waals surface area (Å²) in [6, 6.07) is 15.3. The predicted octanol–water partition coefficient (Wildman–Crippen LogP) is 5.24. The van der Waals surface area contributed by atoms with Gasteiger partial charge in [0.15, 0.2) is 0 Å². The average molecular weight is 355 g/mol. The van der Waals surface area contributed by atoms with Gasteiger partial charge in [-0.1, -0.05) is 23.7 Å². The summed E-state index contributed by atoms with van der Waals surface area (Å²) in [6.45, 7) is 3.94. The van der Waals surface area contributed by atoms with Crippen LogP contribution in [-0.4, -0.2) is 17.1 Å². The molecule has 0 saturated carbocycles. The summed E-state index contributed by atoms with van der Waals surface area (Å²) in [5.74, 6) is 1.91. The Hall–Kier alpha value is -2.79. The van der Waals surface area contributed by atoms with Crippen molar-refractivity contribution in [2.45, 2.75) is 13.8 Å². The maximum absolute atomic E-state index is 6.03. The summed E-state index contributed by atoms with van der Waals surface area (Å²) >= 11 is 6.03. The zero-order valence-electron chi connectivity index (χ0n) is 14.3. The quantitative estimate of drug-likeness (QED) is 0.656. The third-order valence-corrected chi connectivity index (χ3v) is 3.79. The van der Waals surface area contributed by atoms with Crippen molar-refractivity contribution in [3.05, 3.63) is 64.8 Å². The number of rotatable bonds is 5. The molecule has 0 saturated heterocycles. The summed E-state index contributed by atoms with van der Waals surface area (Å²) in [4.78, 5) is 8.98. The number of anilines is 4. The van der Waals surface area contributed by atoms with Gasteiger partial charge in [0.2, 0.25) is 5.95 Å². The molecule has 0 radical (unpaired) electrons. The number of nitrogens with one attached hydrogen (secondary N) is 2. The average Bonchev–Trinajstić information content (AvgIpc) is 2.54. The van der Waals surface area contributed by atoms with Crippen LogP contribution >= 0.6 is 11.6 Å². The summed E-state index contributed by atoms with van der Waals surface area (Å²) < 4.78 is 5.39. The van der Waals surface area contributed by atoms with E-state index in [-0.39, 0.29) is 0 Å². The Morgan fingerprint density at radius 2 is 1.80 bits per heavy atom. The second kappa shape index (κ2) is 7.40. The highest BCUT2D eigenvalue weighted by molar-refractivity contribution is 6.30. The summed E-state index contributed by atoms with van der Waals surface area (Å²) in [6.07, 6.45) is 0. The molecule has 3 rings (SSSR count). The Labute approximate surface area is 152 Å². The molecule has 0 atom stereocenters. The molecule has 1 aromatic heterocycles. The topological polar surface area (TPSA) is 59.1 Å². The molecule has 2 N–H and O–H groups in total. The van der Waals surface area contributed by atoms with Gasteiger partial charge < -0.3 is 15.4 Å². The van der Waals surface area contributed by atoms with Crippen molar-refractivity contribution in [3.8, 4) is 5.75 Å². The molecule has 3 aromatic rings. The van der Waals surface area contributed by atoms with Crippen LogP contribution in [0.3, 0.4) is 0 Å². The third kappa shape index (κ3) is 4.39. The van der Waals surface area contributed by atoms with Crippen molar-refractivity contribution >= 4 is 34.7 Å². The summed E-state index contributed by atoms with van der Waals surface area (Å²) in [5, 5.41) is 7.14. The van der Waals surface area contributed by atoms with E-state index in [1.807, 2.05) is 62.4 Å². The van der Waals surface area contributed by atoms with Gasteiger partial charge in [0.1, 0.15) is 11.6 Å². The summed E-state index contributed by atoms with van der Waals surface area (Å²) in [5.41, 5.74) is 3.65. The van der Waals surface area contributed by atoms with Crippen LogP contribution < -0.4 is 15.4 Å². The van der Waals surface area contributed by atoms with Crippen molar-refractivity contribution < 1.29 is 4.74 Å². The zero-order chi connectivity index (χ0) is 17.8. The fourth-order valence-electron chi connectivity index (χ4n) is 2.44. The minimum atomic E-state index is 0.494. The van der Waals surface area contributed by atoms with Gasteiger partial charge in [-0.25, -0.2) is 4.98 Å². The lowest BCUT2D eigenvalue weighted by atomic mass is 10.2. The smallest absolute Gasteiger partial charge is 0.229 e. The van der Waals surface area contributed by atoms with Crippen molar-refractivity contribution in [2.75, 3.05) is 17.7 Å². The van der Waals surface area contributed by atoms with E-state index in [0.717, 1.165) is 28.4 Å². The van der Waals surface area contributed by atoms with Crippen LogP contribution in [0.4, 0.5) is 23.1 Å². The predicted molar refractivity (Wildman–Crippen MR) is 103 cm³/mol. The van der Waals surface area contributed by atoms with E-state index < -0.39 is 0 Å². The number of halogens is 1. The van der Waals surface area contributed by atoms with Crippen LogP contribution in [-0.2, 0) is 0 Å². The van der Waals surface area contributed by atoms with Gasteiger partial charge in [-0.2, -0.15) is 4.98 Å². The fourth-order valence-corrected chi connectivity index (χ4v) is 2.63. The third-order valence-electron chi connectivity index (χ3n) is 3.55. The highest BCUT2D eigenvalue weighted by atomic mass is 35.5. The monoisotopic (exact) mass is 354 g/mol. The van der Waals surface area contributed by atoms with Gasteiger partial charge in [-0.15, -0.1) is 0 Å². The van der Waals surface area contributed by atoms with E-state index in [1.54, 1.807) is 7.11 Å². The van der Waals surface area contributed by atoms with E-state index in [1.165, 1.54) is 0 Å². The molecule has 0 aliphatic carbocycles. The minimum Gasteiger partial charge on any atom is -0.495 e. The maximum Gasteiger partial charge on any atom is 0.229 e. The molecule has 0 aliphatic rings. The number of hydrogen-bond acceptors (Lipinski definition) is 5. The van der Waals surface area contributed by atoms with Gasteiger partial charge in [0.25, 0.3) is 0 Å². The summed E-state index contributed by atoms with van der Waals surface area (Å²) in [7, 11) is 1.64. The Bertz CT molecular complexity index is 898. The second-order valence-corrected chi connectivity index (χ2v) is 6.12. The van der Waals surface area contributed by atoms with Gasteiger partial charge >= 0.3 is 0 Å². The molecular weight excluding hydrogens is 336 g/mol. The normalized spacial score (nSPS) is 10.4. The Morgan fingerprint density at radius 3 is 2.56 bits per heavy atom. The molecule has 5 nitrogen and oxygen atoms in total. The first-order valence-electron chi connectivity index (χ1n) is 7.83. The molecule has 1 heterocycles. The van der Waals surface area contributed by atoms with E-state index in [2.05, 4.69) is 20.6 Å². The van der Waals surface area contributed by atoms with Crippen LogP contribution in [0.25, 0.3) is 0 Å². The largest absolute Gasteiger partial charge is 0.495 e. The van der Waals surface area contributed by atoms with Gasteiger partial charge in [0, 0.05) is 22.5 Å². The van der Waals surface area contributed by atoms with E-state index in [9.17, 15) is 0 Å². The highest BCUT2D eigenvalue weighted by Crippen LogP contribution is 2.28. The Balaban J connectivity index is 1.88. The van der Waals surface area contributed by atoms with Crippen molar-refractivity contribution in [1.82, 2.24) is 9.97 Å². The lowest BCUT2D eigenvalue weighted by Gasteiger charge is -2.13. The molecule has 25 heavy (non-hydrogen) atoms. The highest BCUT2D eigenvalue weighted by Gasteiger charge is 2.08. The number of benzene rings is 2. The first-order valence-corrected chi connectivity index (χ1v) is 8.21. The molecule has 0 bridgehead atoms. The molecule has 2 aromatic carbocycles. The number of hydrogen-bond donors (Lipinski definition) is 2. The van der Waals surface area contributed by atoms with Crippen LogP contribution in [0.5, 0.6) is 5.75 Å². The number of ether oxygens (including phenoxy) is 1. The molecule has 128 valence electrons. The fraction of sp³-hybridized carbons (Fsp3) is 0.158. The molecule has 0 fully saturated rings. The lowest BCUT2D eigenvalue weighted by molar-refractivity contribution is 0.416. The number of methoxy groups -OCH3 is 1. The van der Waals surface area contributed by atoms with Gasteiger partial charge in [-0.3, -0.25) is 0 Å². The Kier molecular flexibility index (Phi) is 5.05. The first kappa shape index (κ1) is 17.0. The van der Waals surface area contributed by atoms with Crippen molar-refractivity contribution in [2.24, 2.45) is 0 Å². The van der Waals surface area contributed by atoms with Crippen LogP contribution in [0.2, 0.25) is 5.02 Å². The van der Waals surface area contributed by atoms with E-state index in [4.69, 9.17) is 16.3 Å². The van der Waals surface area contributed by atoms with E-state index >= 15 is 0 Å². The number of aryl methyl sites for hydroxylation is 2. The van der Waals surface area contributed by atoms with Crippen LogP contribution in [0, 0.1) is 13.8 Å². The number of aromatic nitrogens is 2. The second-order valence-electron chi connectivity index (χ2n) is 5.68. The maximum atomic E-state index is 6.03. The zero-order valence-corrected chi connectivity index (χ0v) is 15.1. The molecular formula is C19H19ClN4O. The first-order chi connectivity index (χ1) is 12.0. The SMILES string of the molecule is COc1ccc(C)cc1Nc1nc(C)cc(Nc2cccc(Cl)c2)n1. The van der Waals surface area contributed by atoms with E-state index in [0.29, 0.717) is 16.8 Å². The molecule has 6 heteroatoms. The van der Waals surface area contributed by atoms with Gasteiger partial charge in [-0.05, 0) is 49.7 Å². The minimum absolute atomic E-state index is 0.494. The molecule has 0 aliphatic heterocycles. The lowest BCUT2D eigenvalue weighted by Crippen LogP contribution is -2.03. The Morgan fingerprint density at radius 1 is 0.960 bits per heavy atom. The van der Waals surface area contributed by atoms with Crippen LogP contribution in [0.1, 0.15) is 11.3 Å². The van der Waals surface area contributed by atoms with Crippen LogP contribution in [0.15, 0.2) is 48.5 Å². The molecule has 0 spiro atoms. The van der Waals surface area contributed by atoms with Crippen molar-refractivity contribution in [3.63, 3.8) is 0 Å². The standard InChI is InChI=1S/C19H19ClN4O/c1-12-7-8-17(25-3)16(9-12)23-19-21-13(2)10-18(24-19)22-15-6-4-5-14(20)11-15/h4-11H,1-3H3,(H2,21,22,23,24). The molecule has 0 amide bonds. The van der Waals surface area contributed by atoms with Gasteiger partial charge in [0.05, 0.1) is 12.8 Å². The molecule has 0 unspecified atom stereocenters. The van der Waals surface area contributed by atoms with Crippen molar-refractivity contribution in [1.29, 1.82) is 0 Å². The number of nitrogens with zero attached hydrogens (tertiary/aromatic N) is 2.